The number of anilines is 1. The first-order chi connectivity index (χ1) is 13.8. The van der Waals surface area contributed by atoms with E-state index < -0.39 is 5.60 Å². The van der Waals surface area contributed by atoms with Gasteiger partial charge < -0.3 is 25.2 Å². The Bertz CT molecular complexity index is 702. The molecular weight excluding hydrogens is 388 g/mol. The van der Waals surface area contributed by atoms with Crippen molar-refractivity contribution >= 4 is 28.5 Å². The van der Waals surface area contributed by atoms with E-state index in [9.17, 15) is 4.79 Å². The summed E-state index contributed by atoms with van der Waals surface area (Å²) in [5.41, 5.74) is 0.646. The van der Waals surface area contributed by atoms with E-state index in [-0.39, 0.29) is 12.1 Å². The normalized spacial score (nSPS) is 18.0. The summed E-state index contributed by atoms with van der Waals surface area (Å²) >= 11 is 1.73. The predicted octanol–water partition coefficient (Wildman–Crippen LogP) is 2.46. The van der Waals surface area contributed by atoms with Crippen LogP contribution in [0.1, 0.15) is 46.2 Å². The summed E-state index contributed by atoms with van der Waals surface area (Å²) in [7, 11) is 0. The standard InChI is InChI=1S/C20H34N6O2S/c1-5-21-17(23-16-12-26(13-16)19(27)28-20(2,3)4)22-9-8-15-14-29-18(24-15)25-10-6-7-11-25/h14,16H,5-13H2,1-4H3,(H2,21,22,23). The number of nitrogens with one attached hydrogen (secondary N) is 2. The number of hydrogen-bond donors (Lipinski definition) is 2. The van der Waals surface area contributed by atoms with Gasteiger partial charge in [-0.2, -0.15) is 0 Å². The van der Waals surface area contributed by atoms with Gasteiger partial charge in [-0.3, -0.25) is 4.99 Å². The van der Waals surface area contributed by atoms with Crippen molar-refractivity contribution in [3.63, 3.8) is 0 Å². The van der Waals surface area contributed by atoms with E-state index in [0.717, 1.165) is 42.8 Å². The maximum absolute atomic E-state index is 12.0. The molecule has 0 saturated carbocycles. The van der Waals surface area contributed by atoms with E-state index in [1.807, 2.05) is 27.7 Å². The van der Waals surface area contributed by atoms with E-state index in [1.54, 1.807) is 16.2 Å². The highest BCUT2D eigenvalue weighted by molar-refractivity contribution is 7.13. The Morgan fingerprint density at radius 1 is 1.34 bits per heavy atom. The zero-order chi connectivity index (χ0) is 20.9. The van der Waals surface area contributed by atoms with Crippen LogP contribution in [-0.4, -0.2) is 72.8 Å². The Hall–Kier alpha value is -2.03. The average Bonchev–Trinajstić information content (AvgIpc) is 3.27. The summed E-state index contributed by atoms with van der Waals surface area (Å²) in [6, 6.07) is 0.196. The van der Waals surface area contributed by atoms with E-state index in [4.69, 9.17) is 9.72 Å². The lowest BCUT2D eigenvalue weighted by atomic mass is 10.1. The summed E-state index contributed by atoms with van der Waals surface area (Å²) in [5.74, 6) is 0.788. The lowest BCUT2D eigenvalue weighted by Crippen LogP contribution is -2.63. The van der Waals surface area contributed by atoms with Crippen molar-refractivity contribution in [1.82, 2.24) is 20.5 Å². The van der Waals surface area contributed by atoms with Crippen molar-refractivity contribution in [1.29, 1.82) is 0 Å². The van der Waals surface area contributed by atoms with Gasteiger partial charge in [-0.15, -0.1) is 11.3 Å². The fraction of sp³-hybridized carbons (Fsp3) is 0.750. The molecule has 29 heavy (non-hydrogen) atoms. The van der Waals surface area contributed by atoms with E-state index >= 15 is 0 Å². The van der Waals surface area contributed by atoms with Crippen molar-refractivity contribution in [3.05, 3.63) is 11.1 Å². The van der Waals surface area contributed by atoms with Crippen molar-refractivity contribution < 1.29 is 9.53 Å². The molecule has 0 bridgehead atoms. The second-order valence-corrected chi connectivity index (χ2v) is 9.39. The van der Waals surface area contributed by atoms with Crippen LogP contribution in [-0.2, 0) is 11.2 Å². The number of hydrogen-bond acceptors (Lipinski definition) is 6. The zero-order valence-corrected chi connectivity index (χ0v) is 18.8. The summed E-state index contributed by atoms with van der Waals surface area (Å²) < 4.78 is 5.40. The van der Waals surface area contributed by atoms with Crippen LogP contribution in [0.4, 0.5) is 9.93 Å². The molecule has 0 aliphatic carbocycles. The predicted molar refractivity (Wildman–Crippen MR) is 118 cm³/mol. The van der Waals surface area contributed by atoms with Crippen LogP contribution in [0.5, 0.6) is 0 Å². The summed E-state index contributed by atoms with van der Waals surface area (Å²) in [4.78, 5) is 25.6. The van der Waals surface area contributed by atoms with Crippen LogP contribution < -0.4 is 15.5 Å². The Labute approximate surface area is 177 Å². The lowest BCUT2D eigenvalue weighted by molar-refractivity contribution is 0.00701. The molecule has 8 nitrogen and oxygen atoms in total. The van der Waals surface area contributed by atoms with Gasteiger partial charge in [-0.05, 0) is 40.5 Å². The number of guanidine groups is 1. The highest BCUT2D eigenvalue weighted by Gasteiger charge is 2.34. The van der Waals surface area contributed by atoms with Gasteiger partial charge in [-0.25, -0.2) is 9.78 Å². The van der Waals surface area contributed by atoms with Crippen molar-refractivity contribution in [2.75, 3.05) is 44.2 Å². The van der Waals surface area contributed by atoms with Gasteiger partial charge in [0.1, 0.15) is 5.60 Å². The largest absolute Gasteiger partial charge is 0.444 e. The fourth-order valence-electron chi connectivity index (χ4n) is 3.31. The molecule has 162 valence electrons. The van der Waals surface area contributed by atoms with Gasteiger partial charge in [0.2, 0.25) is 0 Å². The topological polar surface area (TPSA) is 82.1 Å². The summed E-state index contributed by atoms with van der Waals surface area (Å²) in [6.07, 6.45) is 3.11. The minimum Gasteiger partial charge on any atom is -0.444 e. The molecule has 3 rings (SSSR count). The number of likely N-dealkylation sites (tertiary alicyclic amines) is 1. The molecule has 0 unspecified atom stereocenters. The smallest absolute Gasteiger partial charge is 0.410 e. The molecular formula is C20H34N6O2S. The van der Waals surface area contributed by atoms with Crippen LogP contribution in [0.3, 0.4) is 0 Å². The summed E-state index contributed by atoms with van der Waals surface area (Å²) in [5, 5.41) is 9.97. The Morgan fingerprint density at radius 2 is 2.07 bits per heavy atom. The number of thiazole rings is 1. The minimum absolute atomic E-state index is 0.196. The molecule has 2 N–H and O–H groups in total. The highest BCUT2D eigenvalue weighted by atomic mass is 32.1. The number of rotatable bonds is 6. The van der Waals surface area contributed by atoms with Gasteiger partial charge in [0, 0.05) is 51.1 Å². The molecule has 9 heteroatoms. The monoisotopic (exact) mass is 422 g/mol. The SMILES string of the molecule is CCNC(=NCCc1csc(N2CCCC2)n1)NC1CN(C(=O)OC(C)(C)C)C1. The number of ether oxygens (including phenoxy) is 1. The fourth-order valence-corrected chi connectivity index (χ4v) is 4.22. The van der Waals surface area contributed by atoms with E-state index in [1.165, 1.54) is 12.8 Å². The molecule has 2 aliphatic heterocycles. The number of nitrogens with zero attached hydrogens (tertiary/aromatic N) is 4. The van der Waals surface area contributed by atoms with Crippen LogP contribution in [0.25, 0.3) is 0 Å². The molecule has 2 aliphatic rings. The van der Waals surface area contributed by atoms with Crippen LogP contribution in [0, 0.1) is 0 Å². The molecule has 3 heterocycles. The zero-order valence-electron chi connectivity index (χ0n) is 18.0. The Balaban J connectivity index is 1.43. The second-order valence-electron chi connectivity index (χ2n) is 8.55. The number of carbonyl (C=O) groups is 1. The average molecular weight is 423 g/mol. The third-order valence-corrected chi connectivity index (χ3v) is 5.72. The number of aliphatic imine (C=N–C) groups is 1. The Morgan fingerprint density at radius 3 is 2.72 bits per heavy atom. The van der Waals surface area contributed by atoms with Crippen LogP contribution in [0.15, 0.2) is 10.4 Å². The molecule has 0 aromatic carbocycles. The molecule has 1 aromatic rings. The van der Waals surface area contributed by atoms with Gasteiger partial charge in [0.15, 0.2) is 11.1 Å². The number of amides is 1. The molecule has 0 spiro atoms. The van der Waals surface area contributed by atoms with E-state index in [2.05, 4.69) is 25.9 Å². The Kier molecular flexibility index (Phi) is 7.21. The third kappa shape index (κ3) is 6.48. The van der Waals surface area contributed by atoms with Gasteiger partial charge >= 0.3 is 6.09 Å². The van der Waals surface area contributed by atoms with Gasteiger partial charge in [0.05, 0.1) is 11.7 Å². The molecule has 2 fully saturated rings. The molecule has 0 atom stereocenters. The van der Waals surface area contributed by atoms with Gasteiger partial charge in [0.25, 0.3) is 0 Å². The molecule has 1 amide bonds. The quantitative estimate of drug-likeness (QED) is 0.541. The second kappa shape index (κ2) is 9.65. The van der Waals surface area contributed by atoms with Gasteiger partial charge in [-0.1, -0.05) is 0 Å². The maximum Gasteiger partial charge on any atom is 0.410 e. The number of carbonyl (C=O) groups excluding carboxylic acids is 1. The van der Waals surface area contributed by atoms with Crippen LogP contribution >= 0.6 is 11.3 Å². The van der Waals surface area contributed by atoms with Crippen molar-refractivity contribution in [2.24, 2.45) is 4.99 Å². The minimum atomic E-state index is -0.462. The first kappa shape index (κ1) is 21.7. The molecule has 1 aromatic heterocycles. The van der Waals surface area contributed by atoms with Crippen molar-refractivity contribution in [2.45, 2.75) is 58.6 Å². The number of aromatic nitrogens is 1. The van der Waals surface area contributed by atoms with Crippen molar-refractivity contribution in [3.8, 4) is 0 Å². The molecule has 2 saturated heterocycles. The van der Waals surface area contributed by atoms with E-state index in [0.29, 0.717) is 19.6 Å². The van der Waals surface area contributed by atoms with Crippen LogP contribution in [0.2, 0.25) is 0 Å². The third-order valence-electron chi connectivity index (χ3n) is 4.77. The molecule has 0 radical (unpaired) electrons. The lowest BCUT2D eigenvalue weighted by Gasteiger charge is -2.40. The highest BCUT2D eigenvalue weighted by Crippen LogP contribution is 2.24. The first-order valence-corrected chi connectivity index (χ1v) is 11.4. The first-order valence-electron chi connectivity index (χ1n) is 10.6. The maximum atomic E-state index is 12.0. The summed E-state index contributed by atoms with van der Waals surface area (Å²) in [6.45, 7) is 12.7.